The van der Waals surface area contributed by atoms with Crippen molar-refractivity contribution in [1.82, 2.24) is 10.2 Å². The molecule has 12 heavy (non-hydrogen) atoms. The molecule has 72 valence electrons. The van der Waals surface area contributed by atoms with Crippen molar-refractivity contribution in [3.63, 3.8) is 0 Å². The number of nitrogens with one attached hydrogen (secondary N) is 2. The predicted molar refractivity (Wildman–Crippen MR) is 54.0 cm³/mol. The smallest absolute Gasteiger partial charge is 0.0928 e. The zero-order valence-corrected chi connectivity index (χ0v) is 8.78. The first kappa shape index (κ1) is 11.7. The van der Waals surface area contributed by atoms with Crippen LogP contribution in [0, 0.1) is 5.41 Å². The molecule has 0 saturated carbocycles. The molecule has 0 saturated heterocycles. The number of hydrogen-bond acceptors (Lipinski definition) is 2. The second kappa shape index (κ2) is 6.26. The first-order chi connectivity index (χ1) is 5.57. The lowest BCUT2D eigenvalue weighted by molar-refractivity contribution is 0.360. The average Bonchev–Trinajstić information content (AvgIpc) is 2.03. The van der Waals surface area contributed by atoms with Crippen molar-refractivity contribution in [2.45, 2.75) is 25.3 Å². The Morgan fingerprint density at radius 2 is 2.17 bits per heavy atom. The molecule has 0 aromatic carbocycles. The van der Waals surface area contributed by atoms with E-state index < -0.39 is 0 Å². The average molecular weight is 192 g/mol. The van der Waals surface area contributed by atoms with Crippen molar-refractivity contribution >= 4 is 17.4 Å². The van der Waals surface area contributed by atoms with Crippen LogP contribution in [0.25, 0.3) is 0 Å². The van der Waals surface area contributed by atoms with E-state index in [1.165, 1.54) is 0 Å². The summed E-state index contributed by atoms with van der Waals surface area (Å²) in [7, 11) is 3.89. The van der Waals surface area contributed by atoms with E-state index in [1.807, 2.05) is 25.9 Å². The molecule has 0 fully saturated rings. The summed E-state index contributed by atoms with van der Waals surface area (Å²) >= 11 is 5.96. The molecule has 1 atom stereocenters. The maximum atomic E-state index is 7.32. The Morgan fingerprint density at radius 1 is 1.58 bits per heavy atom. The van der Waals surface area contributed by atoms with E-state index in [0.717, 1.165) is 19.4 Å². The van der Waals surface area contributed by atoms with Crippen LogP contribution in [-0.4, -0.2) is 36.9 Å². The molecule has 0 bridgehead atoms. The maximum absolute atomic E-state index is 7.32. The van der Waals surface area contributed by atoms with Gasteiger partial charge < -0.3 is 5.32 Å². The maximum Gasteiger partial charge on any atom is 0.0928 e. The third kappa shape index (κ3) is 5.38. The number of nitrogens with zero attached hydrogens (tertiary/aromatic N) is 1. The van der Waals surface area contributed by atoms with Crippen LogP contribution < -0.4 is 5.32 Å². The van der Waals surface area contributed by atoms with Crippen LogP contribution in [0.4, 0.5) is 0 Å². The van der Waals surface area contributed by atoms with Crippen LogP contribution in [-0.2, 0) is 0 Å². The highest BCUT2D eigenvalue weighted by Crippen LogP contribution is 2.02. The molecule has 0 aliphatic heterocycles. The molecular formula is C8H18ClN3. The first-order valence-electron chi connectivity index (χ1n) is 4.19. The fourth-order valence-corrected chi connectivity index (χ4v) is 0.834. The number of hydrogen-bond donors (Lipinski definition) is 2. The normalized spacial score (nSPS) is 13.1. The van der Waals surface area contributed by atoms with E-state index in [0.29, 0.717) is 5.84 Å². The minimum absolute atomic E-state index is 0.0576. The minimum atomic E-state index is 0.0576. The second-order valence-corrected chi connectivity index (χ2v) is 3.45. The molecule has 1 unspecified atom stereocenters. The van der Waals surface area contributed by atoms with Gasteiger partial charge in [0.05, 0.1) is 11.3 Å². The summed E-state index contributed by atoms with van der Waals surface area (Å²) in [6.45, 7) is 2.73. The van der Waals surface area contributed by atoms with Gasteiger partial charge in [-0.05, 0) is 20.5 Å². The van der Waals surface area contributed by atoms with E-state index in [-0.39, 0.29) is 5.50 Å². The van der Waals surface area contributed by atoms with Crippen molar-refractivity contribution in [2.75, 3.05) is 20.6 Å². The molecular weight excluding hydrogens is 174 g/mol. The molecule has 0 heterocycles. The monoisotopic (exact) mass is 191 g/mol. The van der Waals surface area contributed by atoms with Crippen LogP contribution in [0.2, 0.25) is 0 Å². The third-order valence-electron chi connectivity index (χ3n) is 1.63. The summed E-state index contributed by atoms with van der Waals surface area (Å²) in [6, 6.07) is 0. The third-order valence-corrected chi connectivity index (χ3v) is 2.24. The molecule has 0 amide bonds. The molecule has 2 N–H and O–H groups in total. The largest absolute Gasteiger partial charge is 0.374 e. The summed E-state index contributed by atoms with van der Waals surface area (Å²) in [5, 5.41) is 10.3. The van der Waals surface area contributed by atoms with Gasteiger partial charge in [-0.25, -0.2) is 0 Å². The molecule has 0 aromatic rings. The molecule has 0 aromatic heterocycles. The standard InChI is InChI=1S/C8H18ClN3/c1-4-8(10)11-6-5-7(9)12(2)3/h7H,4-6H2,1-3H3,(H2,10,11). The Kier molecular flexibility index (Phi) is 6.11. The van der Waals surface area contributed by atoms with Crippen LogP contribution in [0.15, 0.2) is 0 Å². The molecule has 4 heteroatoms. The van der Waals surface area contributed by atoms with Gasteiger partial charge in [0.25, 0.3) is 0 Å². The van der Waals surface area contributed by atoms with Gasteiger partial charge >= 0.3 is 0 Å². The van der Waals surface area contributed by atoms with E-state index in [1.54, 1.807) is 0 Å². The van der Waals surface area contributed by atoms with Gasteiger partial charge in [-0.3, -0.25) is 10.3 Å². The van der Waals surface area contributed by atoms with Crippen LogP contribution in [0.5, 0.6) is 0 Å². The summed E-state index contributed by atoms with van der Waals surface area (Å²) < 4.78 is 0. The highest BCUT2D eigenvalue weighted by Gasteiger charge is 2.05. The zero-order chi connectivity index (χ0) is 9.56. The van der Waals surface area contributed by atoms with Gasteiger partial charge in [0, 0.05) is 13.0 Å². The Bertz CT molecular complexity index is 136. The van der Waals surface area contributed by atoms with Gasteiger partial charge in [0.2, 0.25) is 0 Å². The van der Waals surface area contributed by atoms with Crippen molar-refractivity contribution in [2.24, 2.45) is 0 Å². The molecule has 0 aliphatic rings. The number of alkyl halides is 1. The summed E-state index contributed by atoms with van der Waals surface area (Å²) in [5.41, 5.74) is 0.0576. The lowest BCUT2D eigenvalue weighted by Gasteiger charge is -2.17. The van der Waals surface area contributed by atoms with E-state index in [9.17, 15) is 0 Å². The van der Waals surface area contributed by atoms with Crippen molar-refractivity contribution in [1.29, 1.82) is 5.41 Å². The molecule has 0 rings (SSSR count). The Morgan fingerprint density at radius 3 is 2.58 bits per heavy atom. The quantitative estimate of drug-likeness (QED) is 0.299. The van der Waals surface area contributed by atoms with Gasteiger partial charge in [-0.2, -0.15) is 0 Å². The SMILES string of the molecule is CCC(=N)NCCC(Cl)N(C)C. The lowest BCUT2D eigenvalue weighted by Crippen LogP contribution is -2.29. The highest BCUT2D eigenvalue weighted by atomic mass is 35.5. The van der Waals surface area contributed by atoms with Crippen molar-refractivity contribution in [3.8, 4) is 0 Å². The summed E-state index contributed by atoms with van der Waals surface area (Å²) in [5.74, 6) is 0.581. The van der Waals surface area contributed by atoms with Crippen LogP contribution in [0.3, 0.4) is 0 Å². The molecule has 0 spiro atoms. The zero-order valence-electron chi connectivity index (χ0n) is 8.02. The van der Waals surface area contributed by atoms with E-state index in [2.05, 4.69) is 5.32 Å². The lowest BCUT2D eigenvalue weighted by atomic mass is 10.3. The fraction of sp³-hybridized carbons (Fsp3) is 0.875. The number of rotatable bonds is 5. The van der Waals surface area contributed by atoms with Gasteiger partial charge in [-0.15, -0.1) is 11.6 Å². The van der Waals surface area contributed by atoms with Gasteiger partial charge in [0.15, 0.2) is 0 Å². The van der Waals surface area contributed by atoms with Crippen LogP contribution in [0.1, 0.15) is 19.8 Å². The molecule has 3 nitrogen and oxygen atoms in total. The first-order valence-corrected chi connectivity index (χ1v) is 4.63. The Labute approximate surface area is 79.6 Å². The van der Waals surface area contributed by atoms with E-state index in [4.69, 9.17) is 17.0 Å². The Hall–Kier alpha value is -0.280. The van der Waals surface area contributed by atoms with Gasteiger partial charge in [0.1, 0.15) is 0 Å². The summed E-state index contributed by atoms with van der Waals surface area (Å²) in [4.78, 5) is 1.96. The van der Waals surface area contributed by atoms with Crippen molar-refractivity contribution < 1.29 is 0 Å². The van der Waals surface area contributed by atoms with Crippen LogP contribution >= 0.6 is 11.6 Å². The number of halogens is 1. The predicted octanol–water partition coefficient (Wildman–Crippen LogP) is 1.48. The molecule has 0 aliphatic carbocycles. The minimum Gasteiger partial charge on any atom is -0.374 e. The fourth-order valence-electron chi connectivity index (χ4n) is 0.725. The number of amidine groups is 1. The molecule has 0 radical (unpaired) electrons. The van der Waals surface area contributed by atoms with E-state index >= 15 is 0 Å². The van der Waals surface area contributed by atoms with Gasteiger partial charge in [-0.1, -0.05) is 6.92 Å². The second-order valence-electron chi connectivity index (χ2n) is 2.95. The highest BCUT2D eigenvalue weighted by molar-refractivity contribution is 6.20. The Balaban J connectivity index is 3.37. The topological polar surface area (TPSA) is 39.1 Å². The van der Waals surface area contributed by atoms with Crippen molar-refractivity contribution in [3.05, 3.63) is 0 Å². The summed E-state index contributed by atoms with van der Waals surface area (Å²) in [6.07, 6.45) is 1.62.